The van der Waals surface area contributed by atoms with Gasteiger partial charge in [-0.1, -0.05) is 30.0 Å². The predicted molar refractivity (Wildman–Crippen MR) is 70.6 cm³/mol. The lowest BCUT2D eigenvalue weighted by molar-refractivity contribution is -0.387. The third-order valence-corrected chi connectivity index (χ3v) is 3.66. The molecule has 0 fully saturated rings. The average Bonchev–Trinajstić information content (AvgIpc) is 2.41. The summed E-state index contributed by atoms with van der Waals surface area (Å²) >= 11 is 0.727. The van der Waals surface area contributed by atoms with E-state index in [1.54, 1.807) is 6.07 Å². The van der Waals surface area contributed by atoms with Crippen LogP contribution in [-0.4, -0.2) is 16.0 Å². The van der Waals surface area contributed by atoms with Crippen molar-refractivity contribution in [3.8, 4) is 0 Å². The molecule has 0 atom stereocenters. The maximum atomic E-state index is 13.8. The lowest BCUT2D eigenvalue weighted by atomic mass is 10.2. The van der Waals surface area contributed by atoms with E-state index < -0.39 is 16.7 Å². The first-order chi connectivity index (χ1) is 9.50. The molecule has 0 heterocycles. The molecule has 0 aromatic heterocycles. The smallest absolute Gasteiger partial charge is 0.336 e. The number of benzene rings is 2. The van der Waals surface area contributed by atoms with Gasteiger partial charge < -0.3 is 5.11 Å². The van der Waals surface area contributed by atoms with Crippen LogP contribution >= 0.6 is 11.8 Å². The van der Waals surface area contributed by atoms with Gasteiger partial charge in [-0.3, -0.25) is 10.1 Å². The molecule has 20 heavy (non-hydrogen) atoms. The molecule has 0 radical (unpaired) electrons. The Morgan fingerprint density at radius 1 is 1.20 bits per heavy atom. The summed E-state index contributed by atoms with van der Waals surface area (Å²) < 4.78 is 13.8. The molecule has 102 valence electrons. The van der Waals surface area contributed by atoms with Crippen LogP contribution in [0, 0.1) is 15.9 Å². The van der Waals surface area contributed by atoms with Gasteiger partial charge >= 0.3 is 5.97 Å². The second-order valence-corrected chi connectivity index (χ2v) is 4.80. The number of carboxylic acids is 1. The molecule has 0 aliphatic carbocycles. The summed E-state index contributed by atoms with van der Waals surface area (Å²) in [6.45, 7) is 0. The summed E-state index contributed by atoms with van der Waals surface area (Å²) in [4.78, 5) is 21.4. The minimum absolute atomic E-state index is 0.144. The van der Waals surface area contributed by atoms with Crippen LogP contribution in [0.1, 0.15) is 10.4 Å². The van der Waals surface area contributed by atoms with E-state index in [0.717, 1.165) is 17.8 Å². The van der Waals surface area contributed by atoms with E-state index in [1.807, 2.05) is 0 Å². The summed E-state index contributed by atoms with van der Waals surface area (Å²) in [5, 5.41) is 19.9. The molecule has 0 unspecified atom stereocenters. The minimum Gasteiger partial charge on any atom is -0.478 e. The number of para-hydroxylation sites is 1. The van der Waals surface area contributed by atoms with Crippen molar-refractivity contribution in [2.24, 2.45) is 0 Å². The van der Waals surface area contributed by atoms with Gasteiger partial charge in [0, 0.05) is 6.07 Å². The molecule has 0 amide bonds. The number of aromatic carboxylic acids is 1. The van der Waals surface area contributed by atoms with Crippen LogP contribution in [0.5, 0.6) is 0 Å². The first-order valence-corrected chi connectivity index (χ1v) is 6.25. The normalized spacial score (nSPS) is 10.2. The Balaban J connectivity index is 2.51. The number of hydrogen-bond donors (Lipinski definition) is 1. The van der Waals surface area contributed by atoms with E-state index in [2.05, 4.69) is 0 Å². The van der Waals surface area contributed by atoms with E-state index in [4.69, 9.17) is 5.11 Å². The van der Waals surface area contributed by atoms with Gasteiger partial charge in [0.2, 0.25) is 0 Å². The lowest BCUT2D eigenvalue weighted by Crippen LogP contribution is -2.01. The van der Waals surface area contributed by atoms with E-state index >= 15 is 0 Å². The second kappa shape index (κ2) is 5.70. The highest BCUT2D eigenvalue weighted by molar-refractivity contribution is 7.99. The minimum atomic E-state index is -1.29. The molecule has 0 saturated heterocycles. The first-order valence-electron chi connectivity index (χ1n) is 5.44. The van der Waals surface area contributed by atoms with Crippen molar-refractivity contribution in [1.82, 2.24) is 0 Å². The third kappa shape index (κ3) is 2.77. The molecule has 1 N–H and O–H groups in total. The fourth-order valence-corrected chi connectivity index (χ4v) is 2.63. The topological polar surface area (TPSA) is 80.4 Å². The zero-order chi connectivity index (χ0) is 14.7. The number of nitro groups is 1. The Morgan fingerprint density at radius 3 is 2.55 bits per heavy atom. The highest BCUT2D eigenvalue weighted by atomic mass is 32.2. The van der Waals surface area contributed by atoms with Crippen molar-refractivity contribution in [3.05, 3.63) is 64.0 Å². The fourth-order valence-electron chi connectivity index (χ4n) is 1.59. The molecule has 0 spiro atoms. The SMILES string of the molecule is O=C(O)c1cccc(F)c1Sc1ccccc1[N+](=O)[O-]. The first kappa shape index (κ1) is 14.0. The molecule has 0 bridgehead atoms. The number of hydrogen-bond acceptors (Lipinski definition) is 4. The Labute approximate surface area is 117 Å². The number of nitrogens with zero attached hydrogens (tertiary/aromatic N) is 1. The van der Waals surface area contributed by atoms with Crippen molar-refractivity contribution in [3.63, 3.8) is 0 Å². The molecule has 2 aromatic rings. The molecular formula is C13H8FNO4S. The summed E-state index contributed by atoms with van der Waals surface area (Å²) in [6, 6.07) is 9.43. The number of carboxylic acid groups (broad SMARTS) is 1. The fraction of sp³-hybridized carbons (Fsp3) is 0. The van der Waals surface area contributed by atoms with E-state index in [0.29, 0.717) is 0 Å². The van der Waals surface area contributed by atoms with Gasteiger partial charge in [-0.25, -0.2) is 9.18 Å². The second-order valence-electron chi connectivity index (χ2n) is 3.75. The van der Waals surface area contributed by atoms with Gasteiger partial charge in [-0.2, -0.15) is 0 Å². The molecule has 7 heteroatoms. The maximum Gasteiger partial charge on any atom is 0.336 e. The van der Waals surface area contributed by atoms with Crippen LogP contribution in [0.2, 0.25) is 0 Å². The largest absolute Gasteiger partial charge is 0.478 e. The van der Waals surface area contributed by atoms with Crippen LogP contribution in [0.3, 0.4) is 0 Å². The molecule has 5 nitrogen and oxygen atoms in total. The van der Waals surface area contributed by atoms with Crippen LogP contribution < -0.4 is 0 Å². The lowest BCUT2D eigenvalue weighted by Gasteiger charge is -2.07. The number of carbonyl (C=O) groups is 1. The number of rotatable bonds is 4. The maximum absolute atomic E-state index is 13.8. The van der Waals surface area contributed by atoms with Gasteiger partial charge in [-0.15, -0.1) is 0 Å². The standard InChI is InChI=1S/C13H8FNO4S/c14-9-5-3-4-8(13(16)17)12(9)20-11-7-2-1-6-10(11)15(18)19/h1-7H,(H,16,17). The summed E-state index contributed by atoms with van der Waals surface area (Å²) in [7, 11) is 0. The van der Waals surface area contributed by atoms with E-state index in [-0.39, 0.29) is 21.0 Å². The Morgan fingerprint density at radius 2 is 1.90 bits per heavy atom. The van der Waals surface area contributed by atoms with Crippen LogP contribution in [0.25, 0.3) is 0 Å². The average molecular weight is 293 g/mol. The zero-order valence-electron chi connectivity index (χ0n) is 9.95. The Bertz CT molecular complexity index is 690. The van der Waals surface area contributed by atoms with Gasteiger partial charge in [0.25, 0.3) is 5.69 Å². The van der Waals surface area contributed by atoms with Crippen molar-refractivity contribution in [2.75, 3.05) is 0 Å². The quantitative estimate of drug-likeness (QED) is 0.688. The molecule has 0 aliphatic rings. The van der Waals surface area contributed by atoms with Crippen LogP contribution in [-0.2, 0) is 0 Å². The highest BCUT2D eigenvalue weighted by Gasteiger charge is 2.20. The summed E-state index contributed by atoms with van der Waals surface area (Å²) in [6.07, 6.45) is 0. The zero-order valence-corrected chi connectivity index (χ0v) is 10.8. The summed E-state index contributed by atoms with van der Waals surface area (Å²) in [5.74, 6) is -2.02. The Kier molecular flexibility index (Phi) is 3.99. The third-order valence-electron chi connectivity index (χ3n) is 2.47. The van der Waals surface area contributed by atoms with Crippen molar-refractivity contribution < 1.29 is 19.2 Å². The van der Waals surface area contributed by atoms with Crippen LogP contribution in [0.15, 0.2) is 52.3 Å². The van der Waals surface area contributed by atoms with Gasteiger partial charge in [0.05, 0.1) is 20.3 Å². The molecule has 2 rings (SSSR count). The van der Waals surface area contributed by atoms with E-state index in [9.17, 15) is 19.3 Å². The van der Waals surface area contributed by atoms with E-state index in [1.165, 1.54) is 30.3 Å². The van der Waals surface area contributed by atoms with Gasteiger partial charge in [-0.05, 0) is 18.2 Å². The number of nitro benzene ring substituents is 1. The molecule has 0 saturated carbocycles. The molecule has 0 aliphatic heterocycles. The van der Waals surface area contributed by atoms with Crippen molar-refractivity contribution >= 4 is 23.4 Å². The molecular weight excluding hydrogens is 285 g/mol. The summed E-state index contributed by atoms with van der Waals surface area (Å²) in [5.41, 5.74) is -0.426. The molecule has 2 aromatic carbocycles. The van der Waals surface area contributed by atoms with Crippen molar-refractivity contribution in [1.29, 1.82) is 0 Å². The number of halogens is 1. The van der Waals surface area contributed by atoms with Crippen molar-refractivity contribution in [2.45, 2.75) is 9.79 Å². The van der Waals surface area contributed by atoms with Gasteiger partial charge in [0.1, 0.15) is 5.82 Å². The monoisotopic (exact) mass is 293 g/mol. The highest BCUT2D eigenvalue weighted by Crippen LogP contribution is 2.37. The van der Waals surface area contributed by atoms with Gasteiger partial charge in [0.15, 0.2) is 0 Å². The predicted octanol–water partition coefficient (Wildman–Crippen LogP) is 3.58. The Hall–Kier alpha value is -2.41. The van der Waals surface area contributed by atoms with Crippen LogP contribution in [0.4, 0.5) is 10.1 Å².